The molecule has 0 fully saturated rings. The quantitative estimate of drug-likeness (QED) is 0.813. The average Bonchev–Trinajstić information content (AvgIpc) is 2.62. The third-order valence-electron chi connectivity index (χ3n) is 2.14. The highest BCUT2D eigenvalue weighted by molar-refractivity contribution is 9.10. The molecule has 0 aromatic carbocycles. The Kier molecular flexibility index (Phi) is 3.55. The molecule has 0 amide bonds. The minimum absolute atomic E-state index is 0.0922. The van der Waals surface area contributed by atoms with Gasteiger partial charge in [-0.3, -0.25) is 4.79 Å². The fourth-order valence-electron chi connectivity index (χ4n) is 1.44. The van der Waals surface area contributed by atoms with Crippen LogP contribution in [0.5, 0.6) is 5.75 Å². The van der Waals surface area contributed by atoms with Crippen LogP contribution < -0.4 is 4.74 Å². The Morgan fingerprint density at radius 2 is 2.28 bits per heavy atom. The number of alkyl halides is 2. The number of halogens is 4. The molecule has 8 heteroatoms. The molecule has 0 bridgehead atoms. The van der Waals surface area contributed by atoms with Crippen LogP contribution in [0.1, 0.15) is 10.4 Å². The molecular formula is C10H6BrF3N2O2. The van der Waals surface area contributed by atoms with Gasteiger partial charge in [0.25, 0.3) is 6.43 Å². The van der Waals surface area contributed by atoms with E-state index in [0.717, 1.165) is 4.52 Å². The first kappa shape index (κ1) is 12.9. The second kappa shape index (κ2) is 4.97. The molecule has 0 aliphatic carbocycles. The van der Waals surface area contributed by atoms with Crippen LogP contribution in [-0.2, 0) is 0 Å². The zero-order chi connectivity index (χ0) is 13.3. The molecule has 96 valence electrons. The summed E-state index contributed by atoms with van der Waals surface area (Å²) in [6.45, 7) is -0.776. The Bertz CT molecular complexity index is 600. The van der Waals surface area contributed by atoms with Crippen molar-refractivity contribution in [2.24, 2.45) is 0 Å². The van der Waals surface area contributed by atoms with Crippen LogP contribution >= 0.6 is 15.9 Å². The van der Waals surface area contributed by atoms with E-state index in [-0.39, 0.29) is 16.8 Å². The number of fused-ring (bicyclic) bond motifs is 1. The van der Waals surface area contributed by atoms with Crippen molar-refractivity contribution in [2.45, 2.75) is 6.43 Å². The summed E-state index contributed by atoms with van der Waals surface area (Å²) in [5.74, 6) is -0.841. The van der Waals surface area contributed by atoms with Gasteiger partial charge in [-0.05, 0) is 22.0 Å². The maximum Gasteiger partial charge on any atom is 0.272 e. The molecule has 0 atom stereocenters. The van der Waals surface area contributed by atoms with E-state index in [4.69, 9.17) is 4.74 Å². The van der Waals surface area contributed by atoms with Crippen LogP contribution in [0, 0.1) is 5.95 Å². The maximum absolute atomic E-state index is 13.3. The number of aldehydes is 1. The predicted octanol–water partition coefficient (Wildman–Crippen LogP) is 2.69. The summed E-state index contributed by atoms with van der Waals surface area (Å²) >= 11 is 3.11. The molecule has 0 aliphatic rings. The predicted molar refractivity (Wildman–Crippen MR) is 59.7 cm³/mol. The average molecular weight is 323 g/mol. The largest absolute Gasteiger partial charge is 0.486 e. The number of aromatic nitrogens is 2. The van der Waals surface area contributed by atoms with E-state index in [1.807, 2.05) is 0 Å². The van der Waals surface area contributed by atoms with Crippen LogP contribution in [0.2, 0.25) is 0 Å². The zero-order valence-corrected chi connectivity index (χ0v) is 10.3. The Labute approximate surface area is 107 Å². The fraction of sp³-hybridized carbons (Fsp3) is 0.200. The molecule has 2 aromatic rings. The van der Waals surface area contributed by atoms with Crippen LogP contribution in [0.3, 0.4) is 0 Å². The number of hydrogen-bond acceptors (Lipinski definition) is 3. The van der Waals surface area contributed by atoms with Crippen LogP contribution in [0.4, 0.5) is 13.2 Å². The lowest BCUT2D eigenvalue weighted by atomic mass is 10.3. The minimum atomic E-state index is -2.61. The van der Waals surface area contributed by atoms with E-state index < -0.39 is 19.0 Å². The normalized spacial score (nSPS) is 11.2. The van der Waals surface area contributed by atoms with Gasteiger partial charge in [0.15, 0.2) is 6.29 Å². The molecule has 2 aromatic heterocycles. The lowest BCUT2D eigenvalue weighted by Crippen LogP contribution is -2.07. The highest BCUT2D eigenvalue weighted by atomic mass is 79.9. The van der Waals surface area contributed by atoms with Crippen molar-refractivity contribution in [1.82, 2.24) is 9.61 Å². The third-order valence-corrected chi connectivity index (χ3v) is 2.75. The Morgan fingerprint density at radius 3 is 2.89 bits per heavy atom. The van der Waals surface area contributed by atoms with E-state index in [0.29, 0.717) is 10.8 Å². The summed E-state index contributed by atoms with van der Waals surface area (Å²) in [5, 5.41) is 3.45. The second-order valence-electron chi connectivity index (χ2n) is 3.34. The molecule has 2 rings (SSSR count). The highest BCUT2D eigenvalue weighted by Crippen LogP contribution is 2.27. The van der Waals surface area contributed by atoms with Gasteiger partial charge in [-0.2, -0.15) is 4.39 Å². The Balaban J connectivity index is 2.47. The monoisotopic (exact) mass is 322 g/mol. The van der Waals surface area contributed by atoms with Gasteiger partial charge in [0, 0.05) is 4.47 Å². The summed E-state index contributed by atoms with van der Waals surface area (Å²) in [6.07, 6.45) is -1.06. The topological polar surface area (TPSA) is 43.6 Å². The molecule has 2 heterocycles. The first-order valence-electron chi connectivity index (χ1n) is 4.76. The van der Waals surface area contributed by atoms with E-state index in [9.17, 15) is 18.0 Å². The molecule has 0 N–H and O–H groups in total. The van der Waals surface area contributed by atoms with Crippen molar-refractivity contribution in [3.8, 4) is 5.75 Å². The smallest absolute Gasteiger partial charge is 0.272 e. The second-order valence-corrected chi connectivity index (χ2v) is 4.20. The highest BCUT2D eigenvalue weighted by Gasteiger charge is 2.16. The van der Waals surface area contributed by atoms with Crippen molar-refractivity contribution in [3.63, 3.8) is 0 Å². The Hall–Kier alpha value is -1.57. The van der Waals surface area contributed by atoms with Crippen molar-refractivity contribution < 1.29 is 22.7 Å². The number of nitrogens with zero attached hydrogens (tertiary/aromatic N) is 2. The number of hydrogen-bond donors (Lipinski definition) is 0. The summed E-state index contributed by atoms with van der Waals surface area (Å²) in [4.78, 5) is 10.7. The van der Waals surface area contributed by atoms with Gasteiger partial charge in [-0.25, -0.2) is 13.3 Å². The van der Waals surface area contributed by atoms with Gasteiger partial charge in [0.1, 0.15) is 12.4 Å². The molecule has 0 saturated carbocycles. The Morgan fingerprint density at radius 1 is 1.56 bits per heavy atom. The van der Waals surface area contributed by atoms with Gasteiger partial charge in [0.2, 0.25) is 5.95 Å². The van der Waals surface area contributed by atoms with Crippen molar-refractivity contribution in [1.29, 1.82) is 0 Å². The number of pyridine rings is 1. The van der Waals surface area contributed by atoms with Crippen LogP contribution in [0.15, 0.2) is 16.7 Å². The van der Waals surface area contributed by atoms with E-state index in [2.05, 4.69) is 21.0 Å². The summed E-state index contributed by atoms with van der Waals surface area (Å²) in [5.41, 5.74) is 0.00850. The maximum atomic E-state index is 13.3. The molecule has 0 spiro atoms. The van der Waals surface area contributed by atoms with Gasteiger partial charge in [0.05, 0.1) is 17.3 Å². The molecule has 18 heavy (non-hydrogen) atoms. The number of carbonyl (C=O) groups excluding carboxylic acids is 1. The molecule has 0 saturated heterocycles. The van der Waals surface area contributed by atoms with Crippen molar-refractivity contribution in [3.05, 3.63) is 28.2 Å². The number of ether oxygens (including phenoxy) is 1. The van der Waals surface area contributed by atoms with Gasteiger partial charge < -0.3 is 4.74 Å². The lowest BCUT2D eigenvalue weighted by molar-refractivity contribution is 0.0816. The molecule has 0 unspecified atom stereocenters. The summed E-state index contributed by atoms with van der Waals surface area (Å²) < 4.78 is 43.4. The first-order valence-corrected chi connectivity index (χ1v) is 5.55. The first-order chi connectivity index (χ1) is 8.52. The van der Waals surface area contributed by atoms with Gasteiger partial charge in [-0.1, -0.05) is 0 Å². The molecule has 0 radical (unpaired) electrons. The lowest BCUT2D eigenvalue weighted by Gasteiger charge is -2.06. The SMILES string of the molecule is O=Cc1c(F)nn2cc(OCC(F)F)cc(Br)c12. The summed E-state index contributed by atoms with van der Waals surface area (Å²) in [7, 11) is 0. The number of rotatable bonds is 4. The fourth-order valence-corrected chi connectivity index (χ4v) is 2.07. The number of carbonyl (C=O) groups is 1. The van der Waals surface area contributed by atoms with Gasteiger partial charge >= 0.3 is 0 Å². The zero-order valence-electron chi connectivity index (χ0n) is 8.74. The van der Waals surface area contributed by atoms with Crippen molar-refractivity contribution in [2.75, 3.05) is 6.61 Å². The molecule has 0 aliphatic heterocycles. The van der Waals surface area contributed by atoms with Crippen molar-refractivity contribution >= 4 is 27.7 Å². The van der Waals surface area contributed by atoms with Crippen LogP contribution in [0.25, 0.3) is 5.52 Å². The van der Waals surface area contributed by atoms with E-state index in [1.165, 1.54) is 12.3 Å². The van der Waals surface area contributed by atoms with Crippen LogP contribution in [-0.4, -0.2) is 28.9 Å². The minimum Gasteiger partial charge on any atom is -0.486 e. The third kappa shape index (κ3) is 2.33. The molecular weight excluding hydrogens is 317 g/mol. The van der Waals surface area contributed by atoms with E-state index in [1.54, 1.807) is 0 Å². The van der Waals surface area contributed by atoms with E-state index >= 15 is 0 Å². The summed E-state index contributed by atoms with van der Waals surface area (Å²) in [6, 6.07) is 1.37. The van der Waals surface area contributed by atoms with Gasteiger partial charge in [-0.15, -0.1) is 5.10 Å². The standard InChI is InChI=1S/C10H6BrF3N2O2/c11-7-1-5(18-4-8(12)13)2-16-9(7)6(3-17)10(14)15-16/h1-3,8H,4H2. The molecule has 4 nitrogen and oxygen atoms in total.